The van der Waals surface area contributed by atoms with E-state index in [9.17, 15) is 23.1 Å². The molecule has 9 nitrogen and oxygen atoms in total. The molecule has 0 saturated heterocycles. The molecule has 3 aromatic heterocycles. The Morgan fingerprint density at radius 1 is 1.22 bits per heavy atom. The maximum absolute atomic E-state index is 14.2. The van der Waals surface area contributed by atoms with Crippen LogP contribution >= 0.6 is 11.6 Å². The number of aliphatic hydroxyl groups excluding tert-OH is 1. The van der Waals surface area contributed by atoms with Gasteiger partial charge in [-0.2, -0.15) is 18.3 Å². The minimum atomic E-state index is -4.83. The van der Waals surface area contributed by atoms with Crippen LogP contribution in [0.1, 0.15) is 36.8 Å². The van der Waals surface area contributed by atoms with Crippen molar-refractivity contribution in [2.45, 2.75) is 45.6 Å². The lowest BCUT2D eigenvalue weighted by Crippen LogP contribution is -2.30. The van der Waals surface area contributed by atoms with Crippen LogP contribution in [0.25, 0.3) is 33.8 Å². The first-order valence-corrected chi connectivity index (χ1v) is 11.5. The summed E-state index contributed by atoms with van der Waals surface area (Å²) in [6.07, 6.45) is -2.28. The maximum Gasteiger partial charge on any atom is 0.433 e. The van der Waals surface area contributed by atoms with Gasteiger partial charge >= 0.3 is 6.18 Å². The first-order chi connectivity index (χ1) is 17.5. The fourth-order valence-corrected chi connectivity index (χ4v) is 4.10. The predicted molar refractivity (Wildman–Crippen MR) is 128 cm³/mol. The van der Waals surface area contributed by atoms with E-state index < -0.39 is 36.0 Å². The molecule has 4 rings (SSSR count). The lowest BCUT2D eigenvalue weighted by atomic mass is 9.98. The summed E-state index contributed by atoms with van der Waals surface area (Å²) in [6, 6.07) is 6.01. The van der Waals surface area contributed by atoms with Crippen molar-refractivity contribution in [1.29, 1.82) is 0 Å². The van der Waals surface area contributed by atoms with Gasteiger partial charge in [0.2, 0.25) is 0 Å². The predicted octanol–water partition coefficient (Wildman–Crippen LogP) is 4.85. The molecule has 1 atom stereocenters. The Hall–Kier alpha value is -3.77. The number of hydrogen-bond acceptors (Lipinski definition) is 7. The molecule has 0 saturated carbocycles. The van der Waals surface area contributed by atoms with E-state index in [2.05, 4.69) is 25.5 Å². The molecule has 194 valence electrons. The van der Waals surface area contributed by atoms with Crippen molar-refractivity contribution in [1.82, 2.24) is 30.2 Å². The van der Waals surface area contributed by atoms with Gasteiger partial charge in [-0.25, -0.2) is 9.97 Å². The molecule has 0 radical (unpaired) electrons. The first kappa shape index (κ1) is 26.3. The number of carbonyl (C=O) groups is 1. The number of aliphatic hydroxyl groups is 1. The Bertz CT molecular complexity index is 1420. The number of hydrogen-bond donors (Lipinski definition) is 2. The molecule has 0 aliphatic rings. The van der Waals surface area contributed by atoms with Crippen molar-refractivity contribution >= 4 is 17.5 Å². The molecule has 0 bridgehead atoms. The zero-order valence-corrected chi connectivity index (χ0v) is 20.7. The van der Waals surface area contributed by atoms with Crippen molar-refractivity contribution in [3.05, 3.63) is 59.3 Å². The second-order valence-corrected chi connectivity index (χ2v) is 8.94. The van der Waals surface area contributed by atoms with E-state index in [-0.39, 0.29) is 44.9 Å². The summed E-state index contributed by atoms with van der Waals surface area (Å²) in [5, 5.41) is 20.4. The molecule has 37 heavy (non-hydrogen) atoms. The highest BCUT2D eigenvalue weighted by molar-refractivity contribution is 6.36. The first-order valence-electron chi connectivity index (χ1n) is 11.2. The van der Waals surface area contributed by atoms with Gasteiger partial charge < -0.3 is 14.9 Å². The number of carbonyl (C=O) groups excluding carboxylic acids is 1. The molecular weight excluding hydrogens is 513 g/mol. The maximum atomic E-state index is 14.2. The van der Waals surface area contributed by atoms with Crippen molar-refractivity contribution < 1.29 is 27.6 Å². The second-order valence-electron chi connectivity index (χ2n) is 8.56. The molecule has 1 amide bonds. The number of aromatic nitrogens is 5. The quantitative estimate of drug-likeness (QED) is 0.348. The number of benzene rings is 1. The van der Waals surface area contributed by atoms with Crippen molar-refractivity contribution in [2.75, 3.05) is 0 Å². The number of alkyl halides is 3. The lowest BCUT2D eigenvalue weighted by molar-refractivity contribution is -0.144. The third-order valence-electron chi connectivity index (χ3n) is 5.24. The van der Waals surface area contributed by atoms with E-state index in [0.29, 0.717) is 4.68 Å². The summed E-state index contributed by atoms with van der Waals surface area (Å²) >= 11 is 6.60. The largest absolute Gasteiger partial charge is 0.433 e. The number of halogens is 4. The minimum absolute atomic E-state index is 0.0386. The van der Waals surface area contributed by atoms with Gasteiger partial charge in [0.15, 0.2) is 11.5 Å². The van der Waals surface area contributed by atoms with Gasteiger partial charge in [0.25, 0.3) is 5.91 Å². The molecular formula is C24H22ClF3N6O3. The van der Waals surface area contributed by atoms with Gasteiger partial charge in [0.05, 0.1) is 46.3 Å². The van der Waals surface area contributed by atoms with Crippen LogP contribution in [0, 0.1) is 0 Å². The minimum Gasteiger partial charge on any atom is -0.391 e. The van der Waals surface area contributed by atoms with Crippen LogP contribution < -0.4 is 5.32 Å². The van der Waals surface area contributed by atoms with E-state index in [1.807, 2.05) is 0 Å². The molecule has 0 fully saturated rings. The zero-order chi connectivity index (χ0) is 26.9. The van der Waals surface area contributed by atoms with E-state index in [4.69, 9.17) is 16.1 Å². The fraction of sp³-hybridized carbons (Fsp3) is 0.292. The molecule has 0 aliphatic carbocycles. The molecule has 2 N–H and O–H groups in total. The van der Waals surface area contributed by atoms with E-state index in [1.165, 1.54) is 31.6 Å². The average Bonchev–Trinajstić information content (AvgIpc) is 3.43. The van der Waals surface area contributed by atoms with Crippen LogP contribution in [0.4, 0.5) is 13.2 Å². The third-order valence-corrected chi connectivity index (χ3v) is 5.65. The standard InChI is InChI=1S/C24H22ClF3N6O3/c1-12(2)32-23(36)15-6-4-5-14(19(15)25)20-18(17-7-8-29-11-30-17)21(37-33-20)16-9-31-34(10-13(3)35)22(16)24(26,27)28/h4-9,11-13,35H,10H2,1-3H3,(H,32,36). The zero-order valence-electron chi connectivity index (χ0n) is 19.9. The van der Waals surface area contributed by atoms with Crippen LogP contribution in [0.5, 0.6) is 0 Å². The highest BCUT2D eigenvalue weighted by Crippen LogP contribution is 2.45. The monoisotopic (exact) mass is 534 g/mol. The average molecular weight is 535 g/mol. The number of amides is 1. The van der Waals surface area contributed by atoms with Gasteiger partial charge in [-0.15, -0.1) is 0 Å². The number of rotatable bonds is 7. The Morgan fingerprint density at radius 2 is 1.97 bits per heavy atom. The van der Waals surface area contributed by atoms with Crippen LogP contribution in [0.2, 0.25) is 5.02 Å². The molecule has 3 heterocycles. The Balaban J connectivity index is 1.96. The normalized spacial score (nSPS) is 12.7. The van der Waals surface area contributed by atoms with Crippen LogP contribution in [-0.4, -0.2) is 48.1 Å². The summed E-state index contributed by atoms with van der Waals surface area (Å²) in [4.78, 5) is 20.7. The molecule has 1 unspecified atom stereocenters. The summed E-state index contributed by atoms with van der Waals surface area (Å²) < 4.78 is 48.6. The molecule has 13 heteroatoms. The highest BCUT2D eigenvalue weighted by atomic mass is 35.5. The van der Waals surface area contributed by atoms with Gasteiger partial charge in [-0.3, -0.25) is 9.48 Å². The second kappa shape index (κ2) is 10.3. The van der Waals surface area contributed by atoms with Crippen LogP contribution in [0.15, 0.2) is 47.5 Å². The summed E-state index contributed by atoms with van der Waals surface area (Å²) in [5.74, 6) is -0.682. The van der Waals surface area contributed by atoms with Gasteiger partial charge in [0.1, 0.15) is 12.0 Å². The summed E-state index contributed by atoms with van der Waals surface area (Å²) in [7, 11) is 0. The van der Waals surface area contributed by atoms with Crippen LogP contribution in [-0.2, 0) is 12.7 Å². The van der Waals surface area contributed by atoms with Gasteiger partial charge in [-0.05, 0) is 32.9 Å². The van der Waals surface area contributed by atoms with Crippen molar-refractivity contribution in [3.8, 4) is 33.8 Å². The third kappa shape index (κ3) is 5.35. The van der Waals surface area contributed by atoms with E-state index in [0.717, 1.165) is 6.20 Å². The van der Waals surface area contributed by atoms with Gasteiger partial charge in [-0.1, -0.05) is 28.9 Å². The lowest BCUT2D eigenvalue weighted by Gasteiger charge is -2.14. The molecule has 0 aliphatic heterocycles. The van der Waals surface area contributed by atoms with E-state index >= 15 is 0 Å². The van der Waals surface area contributed by atoms with Crippen LogP contribution in [0.3, 0.4) is 0 Å². The van der Waals surface area contributed by atoms with Crippen molar-refractivity contribution in [3.63, 3.8) is 0 Å². The smallest absolute Gasteiger partial charge is 0.391 e. The topological polar surface area (TPSA) is 119 Å². The Morgan fingerprint density at radius 3 is 2.59 bits per heavy atom. The highest BCUT2D eigenvalue weighted by Gasteiger charge is 2.41. The summed E-state index contributed by atoms with van der Waals surface area (Å²) in [5.41, 5.74) is -0.709. The number of nitrogens with one attached hydrogen (secondary N) is 1. The Kier molecular flexibility index (Phi) is 7.32. The Labute approximate surface area is 214 Å². The van der Waals surface area contributed by atoms with Gasteiger partial charge in [0, 0.05) is 17.8 Å². The fourth-order valence-electron chi connectivity index (χ4n) is 3.80. The SMILES string of the molecule is CC(O)Cn1ncc(-c2onc(-c3cccc(C(=O)NC(C)C)c3Cl)c2-c2ccncn2)c1C(F)(F)F. The van der Waals surface area contributed by atoms with E-state index in [1.54, 1.807) is 26.0 Å². The molecule has 0 spiro atoms. The summed E-state index contributed by atoms with van der Waals surface area (Å²) in [6.45, 7) is 4.55. The number of nitrogens with zero attached hydrogens (tertiary/aromatic N) is 5. The molecule has 1 aromatic carbocycles. The van der Waals surface area contributed by atoms with Crippen molar-refractivity contribution in [2.24, 2.45) is 0 Å². The molecule has 4 aromatic rings.